The number of rotatable bonds is 3. The highest BCUT2D eigenvalue weighted by molar-refractivity contribution is 5.38. The molecule has 0 radical (unpaired) electrons. The van der Waals surface area contributed by atoms with Gasteiger partial charge in [-0.15, -0.1) is 5.10 Å². The molecule has 0 spiro atoms. The van der Waals surface area contributed by atoms with Gasteiger partial charge in [-0.05, 0) is 44.7 Å². The van der Waals surface area contributed by atoms with Crippen molar-refractivity contribution in [2.24, 2.45) is 0 Å². The molecule has 1 aromatic rings. The van der Waals surface area contributed by atoms with Gasteiger partial charge in [0.1, 0.15) is 5.82 Å². The number of anilines is 1. The minimum absolute atomic E-state index is 0.400. The quantitative estimate of drug-likeness (QED) is 0.848. The first-order valence-electron chi connectivity index (χ1n) is 5.79. The summed E-state index contributed by atoms with van der Waals surface area (Å²) in [6.45, 7) is 4.03. The molecule has 0 aromatic carbocycles. The molecule has 1 fully saturated rings. The Morgan fingerprint density at radius 3 is 2.75 bits per heavy atom. The number of ether oxygens (including phenoxy) is 1. The number of nitrogens with one attached hydrogen (secondary N) is 1. The van der Waals surface area contributed by atoms with E-state index in [-0.39, 0.29) is 0 Å². The van der Waals surface area contributed by atoms with Gasteiger partial charge in [0.05, 0.1) is 11.8 Å². The molecule has 1 aromatic heterocycles. The van der Waals surface area contributed by atoms with Crippen LogP contribution in [-0.2, 0) is 4.74 Å². The number of hydrogen-bond donors (Lipinski definition) is 1. The van der Waals surface area contributed by atoms with Crippen molar-refractivity contribution in [1.29, 1.82) is 0 Å². The van der Waals surface area contributed by atoms with Gasteiger partial charge in [-0.25, -0.2) is 0 Å². The lowest BCUT2D eigenvalue weighted by atomic mass is 10.2. The van der Waals surface area contributed by atoms with Crippen LogP contribution in [0.3, 0.4) is 0 Å². The van der Waals surface area contributed by atoms with E-state index in [4.69, 9.17) is 4.74 Å². The van der Waals surface area contributed by atoms with Crippen molar-refractivity contribution in [3.8, 4) is 0 Å². The molecule has 0 amide bonds. The minimum Gasteiger partial charge on any atom is -0.381 e. The van der Waals surface area contributed by atoms with Gasteiger partial charge >= 0.3 is 0 Å². The van der Waals surface area contributed by atoms with Crippen LogP contribution in [0.1, 0.15) is 30.5 Å². The number of nitrogens with zero attached hydrogens (tertiary/aromatic N) is 2. The average Bonchev–Trinajstić information content (AvgIpc) is 2.71. The Hall–Kier alpha value is -1.16. The Morgan fingerprint density at radius 1 is 1.31 bits per heavy atom. The summed E-state index contributed by atoms with van der Waals surface area (Å²) < 4.78 is 5.35. The van der Waals surface area contributed by atoms with Crippen LogP contribution in [0.4, 0.5) is 5.82 Å². The fourth-order valence-corrected chi connectivity index (χ4v) is 2.11. The predicted octanol–water partition coefficient (Wildman–Crippen LogP) is 2.07. The van der Waals surface area contributed by atoms with Crippen molar-refractivity contribution in [2.45, 2.75) is 45.3 Å². The van der Waals surface area contributed by atoms with Crippen LogP contribution in [0.25, 0.3) is 0 Å². The summed E-state index contributed by atoms with van der Waals surface area (Å²) in [4.78, 5) is 0. The van der Waals surface area contributed by atoms with Crippen molar-refractivity contribution in [2.75, 3.05) is 12.4 Å². The van der Waals surface area contributed by atoms with Gasteiger partial charge in [-0.1, -0.05) is 0 Å². The lowest BCUT2D eigenvalue weighted by molar-refractivity contribution is 0.108. The summed E-state index contributed by atoms with van der Waals surface area (Å²) in [7, 11) is 1.78. The van der Waals surface area contributed by atoms with E-state index >= 15 is 0 Å². The Balaban J connectivity index is 1.97. The zero-order valence-corrected chi connectivity index (χ0v) is 10.2. The first-order chi connectivity index (χ1) is 7.69. The normalized spacial score (nSPS) is 24.7. The lowest BCUT2D eigenvalue weighted by Crippen LogP contribution is -2.18. The van der Waals surface area contributed by atoms with Gasteiger partial charge in [0, 0.05) is 13.2 Å². The molecule has 0 bridgehead atoms. The predicted molar refractivity (Wildman–Crippen MR) is 63.6 cm³/mol. The van der Waals surface area contributed by atoms with Gasteiger partial charge in [-0.2, -0.15) is 5.10 Å². The molecule has 4 heteroatoms. The van der Waals surface area contributed by atoms with Gasteiger partial charge in [0.15, 0.2) is 0 Å². The molecule has 0 saturated heterocycles. The van der Waals surface area contributed by atoms with Crippen LogP contribution < -0.4 is 5.32 Å². The maximum atomic E-state index is 5.35. The zero-order chi connectivity index (χ0) is 11.5. The number of aryl methyl sites for hydroxylation is 2. The van der Waals surface area contributed by atoms with Crippen molar-refractivity contribution in [3.05, 3.63) is 17.3 Å². The van der Waals surface area contributed by atoms with E-state index in [1.54, 1.807) is 7.11 Å². The van der Waals surface area contributed by atoms with Crippen LogP contribution in [0.15, 0.2) is 6.07 Å². The highest BCUT2D eigenvalue weighted by atomic mass is 16.5. The third-order valence-electron chi connectivity index (χ3n) is 3.30. The van der Waals surface area contributed by atoms with Crippen molar-refractivity contribution >= 4 is 5.82 Å². The first kappa shape index (κ1) is 11.3. The highest BCUT2D eigenvalue weighted by Crippen LogP contribution is 2.24. The highest BCUT2D eigenvalue weighted by Gasteiger charge is 2.24. The second-order valence-corrected chi connectivity index (χ2v) is 4.51. The molecule has 1 aliphatic carbocycles. The second kappa shape index (κ2) is 4.78. The number of aromatic nitrogens is 2. The summed E-state index contributed by atoms with van der Waals surface area (Å²) in [6, 6.07) is 2.53. The number of methoxy groups -OCH3 is 1. The van der Waals surface area contributed by atoms with Crippen LogP contribution in [-0.4, -0.2) is 29.5 Å². The van der Waals surface area contributed by atoms with E-state index in [1.807, 2.05) is 6.92 Å². The Bertz CT molecular complexity index is 367. The summed E-state index contributed by atoms with van der Waals surface area (Å²) >= 11 is 0. The van der Waals surface area contributed by atoms with E-state index in [9.17, 15) is 0 Å². The molecule has 88 valence electrons. The second-order valence-electron chi connectivity index (χ2n) is 4.51. The smallest absolute Gasteiger partial charge is 0.149 e. The molecule has 1 heterocycles. The van der Waals surface area contributed by atoms with Crippen LogP contribution in [0.5, 0.6) is 0 Å². The van der Waals surface area contributed by atoms with E-state index in [0.717, 1.165) is 30.8 Å². The molecule has 1 saturated carbocycles. The lowest BCUT2D eigenvalue weighted by Gasteiger charge is -2.13. The maximum absolute atomic E-state index is 5.35. The van der Waals surface area contributed by atoms with Gasteiger partial charge < -0.3 is 10.1 Å². The molecular formula is C12H19N3O. The first-order valence-corrected chi connectivity index (χ1v) is 5.79. The standard InChI is InChI=1S/C12H19N3O/c1-8-6-12(15-14-9(8)2)13-10-4-5-11(7-10)16-3/h6,10-11H,4-5,7H2,1-3H3,(H,13,15). The molecule has 1 aliphatic rings. The number of hydrogen-bond acceptors (Lipinski definition) is 4. The SMILES string of the molecule is COC1CCC(Nc2cc(C)c(C)nn2)C1. The molecular weight excluding hydrogens is 202 g/mol. The maximum Gasteiger partial charge on any atom is 0.149 e. The fourth-order valence-electron chi connectivity index (χ4n) is 2.11. The topological polar surface area (TPSA) is 47.0 Å². The fraction of sp³-hybridized carbons (Fsp3) is 0.667. The molecule has 0 aliphatic heterocycles. The Morgan fingerprint density at radius 2 is 2.12 bits per heavy atom. The zero-order valence-electron chi connectivity index (χ0n) is 10.2. The van der Waals surface area contributed by atoms with Crippen LogP contribution in [0.2, 0.25) is 0 Å². The summed E-state index contributed by atoms with van der Waals surface area (Å²) in [5.74, 6) is 0.879. The van der Waals surface area contributed by atoms with Crippen molar-refractivity contribution < 1.29 is 4.74 Å². The molecule has 16 heavy (non-hydrogen) atoms. The monoisotopic (exact) mass is 221 g/mol. The third-order valence-corrected chi connectivity index (χ3v) is 3.30. The Kier molecular flexibility index (Phi) is 3.39. The molecule has 2 rings (SSSR count). The Labute approximate surface area is 96.4 Å². The van der Waals surface area contributed by atoms with Crippen LogP contribution in [0, 0.1) is 13.8 Å². The van der Waals surface area contributed by atoms with Gasteiger partial charge in [-0.3, -0.25) is 0 Å². The molecule has 2 atom stereocenters. The summed E-state index contributed by atoms with van der Waals surface area (Å²) in [6.07, 6.45) is 3.74. The van der Waals surface area contributed by atoms with Gasteiger partial charge in [0.25, 0.3) is 0 Å². The average molecular weight is 221 g/mol. The van der Waals surface area contributed by atoms with Gasteiger partial charge in [0.2, 0.25) is 0 Å². The van der Waals surface area contributed by atoms with Crippen LogP contribution >= 0.6 is 0 Å². The largest absolute Gasteiger partial charge is 0.381 e. The van der Waals surface area contributed by atoms with E-state index in [0.29, 0.717) is 12.1 Å². The van der Waals surface area contributed by atoms with E-state index in [1.165, 1.54) is 5.56 Å². The minimum atomic E-state index is 0.400. The summed E-state index contributed by atoms with van der Waals surface area (Å²) in [5, 5.41) is 11.7. The third kappa shape index (κ3) is 2.50. The van der Waals surface area contributed by atoms with E-state index in [2.05, 4.69) is 28.5 Å². The van der Waals surface area contributed by atoms with Crippen molar-refractivity contribution in [3.63, 3.8) is 0 Å². The van der Waals surface area contributed by atoms with E-state index < -0.39 is 0 Å². The van der Waals surface area contributed by atoms with Crippen molar-refractivity contribution in [1.82, 2.24) is 10.2 Å². The molecule has 1 N–H and O–H groups in total. The molecule has 2 unspecified atom stereocenters. The summed E-state index contributed by atoms with van der Waals surface area (Å²) in [5.41, 5.74) is 2.17. The molecule has 4 nitrogen and oxygen atoms in total.